The average Bonchev–Trinajstić information content (AvgIpc) is 2.94. The van der Waals surface area contributed by atoms with Crippen LogP contribution in [0.25, 0.3) is 0 Å². The van der Waals surface area contributed by atoms with Crippen LogP contribution in [0, 0.1) is 11.2 Å². The van der Waals surface area contributed by atoms with Crippen LogP contribution in [0.5, 0.6) is 5.75 Å². The molecule has 1 aliphatic rings. The summed E-state index contributed by atoms with van der Waals surface area (Å²) in [7, 11) is 1.39. The van der Waals surface area contributed by atoms with Gasteiger partial charge in [-0.15, -0.1) is 11.6 Å². The van der Waals surface area contributed by atoms with Gasteiger partial charge in [0, 0.05) is 23.4 Å². The summed E-state index contributed by atoms with van der Waals surface area (Å²) in [6, 6.07) is 4.20. The first kappa shape index (κ1) is 15.1. The molecule has 0 spiro atoms. The lowest BCUT2D eigenvalue weighted by Crippen LogP contribution is -2.37. The van der Waals surface area contributed by atoms with Crippen molar-refractivity contribution in [2.24, 2.45) is 5.41 Å². The van der Waals surface area contributed by atoms with E-state index in [0.717, 1.165) is 25.7 Å². The molecular formula is C15H19ClFNO2. The molecule has 20 heavy (non-hydrogen) atoms. The topological polar surface area (TPSA) is 38.3 Å². The molecule has 0 bridgehead atoms. The predicted molar refractivity (Wildman–Crippen MR) is 76.9 cm³/mol. The minimum Gasteiger partial charge on any atom is -0.494 e. The SMILES string of the molecule is COc1ccc(C(=O)NCC2(CCl)CCCC2)cc1F. The molecule has 1 aliphatic carbocycles. The minimum absolute atomic E-state index is 0.00221. The maximum atomic E-state index is 13.6. The Morgan fingerprint density at radius 3 is 2.70 bits per heavy atom. The van der Waals surface area contributed by atoms with Crippen LogP contribution in [0.1, 0.15) is 36.0 Å². The third kappa shape index (κ3) is 3.23. The number of halogens is 2. The highest BCUT2D eigenvalue weighted by molar-refractivity contribution is 6.18. The average molecular weight is 300 g/mol. The number of ether oxygens (including phenoxy) is 1. The number of alkyl halides is 1. The summed E-state index contributed by atoms with van der Waals surface area (Å²) in [6.07, 6.45) is 4.38. The lowest BCUT2D eigenvalue weighted by molar-refractivity contribution is 0.0934. The molecule has 1 saturated carbocycles. The van der Waals surface area contributed by atoms with Gasteiger partial charge in [0.2, 0.25) is 0 Å². The van der Waals surface area contributed by atoms with Crippen molar-refractivity contribution in [3.05, 3.63) is 29.6 Å². The second-order valence-corrected chi connectivity index (χ2v) is 5.64. The number of carbonyl (C=O) groups excluding carboxylic acids is 1. The molecule has 3 nitrogen and oxygen atoms in total. The molecule has 0 atom stereocenters. The summed E-state index contributed by atoms with van der Waals surface area (Å²) >= 11 is 6.03. The number of hydrogen-bond acceptors (Lipinski definition) is 2. The van der Waals surface area contributed by atoms with Crippen molar-refractivity contribution >= 4 is 17.5 Å². The van der Waals surface area contributed by atoms with E-state index in [1.807, 2.05) is 0 Å². The Kier molecular flexibility index (Phi) is 4.86. The number of carbonyl (C=O) groups is 1. The van der Waals surface area contributed by atoms with Crippen LogP contribution in [0.3, 0.4) is 0 Å². The van der Waals surface area contributed by atoms with Gasteiger partial charge < -0.3 is 10.1 Å². The molecule has 110 valence electrons. The van der Waals surface area contributed by atoms with Crippen LogP contribution in [-0.4, -0.2) is 25.4 Å². The summed E-state index contributed by atoms with van der Waals surface area (Å²) < 4.78 is 18.4. The Balaban J connectivity index is 1.99. The predicted octanol–water partition coefficient (Wildman–Crippen LogP) is 3.36. The van der Waals surface area contributed by atoms with Crippen molar-refractivity contribution in [2.75, 3.05) is 19.5 Å². The quantitative estimate of drug-likeness (QED) is 0.847. The summed E-state index contributed by atoms with van der Waals surface area (Å²) in [6.45, 7) is 0.545. The smallest absolute Gasteiger partial charge is 0.251 e. The Bertz CT molecular complexity index is 487. The van der Waals surface area contributed by atoms with Crippen molar-refractivity contribution < 1.29 is 13.9 Å². The second kappa shape index (κ2) is 6.44. The zero-order chi connectivity index (χ0) is 14.6. The number of benzene rings is 1. The number of nitrogens with one attached hydrogen (secondary N) is 1. The number of methoxy groups -OCH3 is 1. The van der Waals surface area contributed by atoms with E-state index in [2.05, 4.69) is 5.32 Å². The van der Waals surface area contributed by atoms with E-state index in [1.54, 1.807) is 6.07 Å². The molecule has 0 saturated heterocycles. The highest BCUT2D eigenvalue weighted by Crippen LogP contribution is 2.38. The van der Waals surface area contributed by atoms with E-state index in [1.165, 1.54) is 19.2 Å². The number of rotatable bonds is 5. The highest BCUT2D eigenvalue weighted by Gasteiger charge is 2.33. The van der Waals surface area contributed by atoms with Crippen LogP contribution in [0.15, 0.2) is 18.2 Å². The van der Waals surface area contributed by atoms with Crippen molar-refractivity contribution in [1.82, 2.24) is 5.32 Å². The zero-order valence-electron chi connectivity index (χ0n) is 11.5. The summed E-state index contributed by atoms with van der Waals surface area (Å²) in [4.78, 5) is 12.0. The molecule has 1 N–H and O–H groups in total. The van der Waals surface area contributed by atoms with Crippen LogP contribution < -0.4 is 10.1 Å². The normalized spacial score (nSPS) is 16.9. The lowest BCUT2D eigenvalue weighted by Gasteiger charge is -2.26. The minimum atomic E-state index is -0.534. The number of hydrogen-bond donors (Lipinski definition) is 1. The maximum Gasteiger partial charge on any atom is 0.251 e. The van der Waals surface area contributed by atoms with E-state index in [-0.39, 0.29) is 17.1 Å². The molecule has 5 heteroatoms. The molecule has 0 aliphatic heterocycles. The molecule has 1 fully saturated rings. The molecular weight excluding hydrogens is 281 g/mol. The maximum absolute atomic E-state index is 13.6. The molecule has 1 aromatic carbocycles. The Morgan fingerprint density at radius 1 is 1.45 bits per heavy atom. The summed E-state index contributed by atoms with van der Waals surface area (Å²) in [5, 5.41) is 2.87. The molecule has 2 rings (SSSR count). The van der Waals surface area contributed by atoms with Gasteiger partial charge in [0.1, 0.15) is 0 Å². The van der Waals surface area contributed by atoms with Gasteiger partial charge in [-0.05, 0) is 31.0 Å². The first-order valence-corrected chi connectivity index (χ1v) is 7.31. The van der Waals surface area contributed by atoms with Gasteiger partial charge in [0.15, 0.2) is 11.6 Å². The van der Waals surface area contributed by atoms with Gasteiger partial charge in [-0.2, -0.15) is 0 Å². The number of amides is 1. The van der Waals surface area contributed by atoms with E-state index < -0.39 is 5.82 Å². The zero-order valence-corrected chi connectivity index (χ0v) is 12.3. The van der Waals surface area contributed by atoms with E-state index in [4.69, 9.17) is 16.3 Å². The van der Waals surface area contributed by atoms with E-state index in [0.29, 0.717) is 18.0 Å². The molecule has 0 heterocycles. The van der Waals surface area contributed by atoms with Crippen molar-refractivity contribution in [3.8, 4) is 5.75 Å². The molecule has 0 aromatic heterocycles. The monoisotopic (exact) mass is 299 g/mol. The van der Waals surface area contributed by atoms with E-state index in [9.17, 15) is 9.18 Å². The molecule has 1 amide bonds. The molecule has 0 radical (unpaired) electrons. The Hall–Kier alpha value is -1.29. The van der Waals surface area contributed by atoms with Crippen molar-refractivity contribution in [3.63, 3.8) is 0 Å². The van der Waals surface area contributed by atoms with Gasteiger partial charge in [-0.1, -0.05) is 12.8 Å². The van der Waals surface area contributed by atoms with Crippen LogP contribution in [0.4, 0.5) is 4.39 Å². The van der Waals surface area contributed by atoms with Crippen molar-refractivity contribution in [2.45, 2.75) is 25.7 Å². The standard InChI is InChI=1S/C15H19ClFNO2/c1-20-13-5-4-11(8-12(13)17)14(19)18-10-15(9-16)6-2-3-7-15/h4-5,8H,2-3,6-7,9-10H2,1H3,(H,18,19). The fourth-order valence-electron chi connectivity index (χ4n) is 2.66. The molecule has 0 unspecified atom stereocenters. The fourth-order valence-corrected chi connectivity index (χ4v) is 3.02. The van der Waals surface area contributed by atoms with Crippen LogP contribution in [-0.2, 0) is 0 Å². The lowest BCUT2D eigenvalue weighted by atomic mass is 9.88. The largest absolute Gasteiger partial charge is 0.494 e. The third-order valence-electron chi connectivity index (χ3n) is 3.99. The van der Waals surface area contributed by atoms with Gasteiger partial charge in [0.25, 0.3) is 5.91 Å². The first-order valence-electron chi connectivity index (χ1n) is 6.78. The van der Waals surface area contributed by atoms with E-state index >= 15 is 0 Å². The van der Waals surface area contributed by atoms with Crippen LogP contribution in [0.2, 0.25) is 0 Å². The summed E-state index contributed by atoms with van der Waals surface area (Å²) in [5.41, 5.74) is 0.299. The third-order valence-corrected chi connectivity index (χ3v) is 4.55. The fraction of sp³-hybridized carbons (Fsp3) is 0.533. The van der Waals surface area contributed by atoms with Gasteiger partial charge in [-0.25, -0.2) is 4.39 Å². The summed E-state index contributed by atoms with van der Waals surface area (Å²) in [5.74, 6) is -0.129. The van der Waals surface area contributed by atoms with Gasteiger partial charge in [0.05, 0.1) is 7.11 Å². The highest BCUT2D eigenvalue weighted by atomic mass is 35.5. The molecule has 1 aromatic rings. The van der Waals surface area contributed by atoms with Gasteiger partial charge in [-0.3, -0.25) is 4.79 Å². The first-order chi connectivity index (χ1) is 9.60. The second-order valence-electron chi connectivity index (χ2n) is 5.37. The Morgan fingerprint density at radius 2 is 2.15 bits per heavy atom. The van der Waals surface area contributed by atoms with Gasteiger partial charge >= 0.3 is 0 Å². The van der Waals surface area contributed by atoms with Crippen molar-refractivity contribution in [1.29, 1.82) is 0 Å². The van der Waals surface area contributed by atoms with Crippen LogP contribution >= 0.6 is 11.6 Å². The Labute approximate surface area is 123 Å².